The van der Waals surface area contributed by atoms with Gasteiger partial charge in [0.1, 0.15) is 23.6 Å². The average Bonchev–Trinajstić information content (AvgIpc) is 3.20. The van der Waals surface area contributed by atoms with E-state index in [9.17, 15) is 14.4 Å². The molecule has 0 spiro atoms. The molecule has 8 nitrogen and oxygen atoms in total. The first-order valence-corrected chi connectivity index (χ1v) is 8.94. The number of carbonyl (C=O) groups excluding carboxylic acids is 3. The molecule has 0 radical (unpaired) electrons. The topological polar surface area (TPSA) is 88.2 Å². The number of nitrogens with one attached hydrogen (secondary N) is 1. The highest BCUT2D eigenvalue weighted by atomic mass is 16.5. The lowest BCUT2D eigenvalue weighted by molar-refractivity contribution is -0.139. The fraction of sp³-hybridized carbons (Fsp3) is 0.526. The Bertz CT molecular complexity index is 777. The van der Waals surface area contributed by atoms with E-state index in [0.29, 0.717) is 18.0 Å². The molecule has 0 saturated carbocycles. The molecule has 146 valence electrons. The highest BCUT2D eigenvalue weighted by molar-refractivity contribution is 6.08. The quantitative estimate of drug-likeness (QED) is 0.792. The minimum atomic E-state index is -0.988. The number of hydrogen-bond donors (Lipinski definition) is 1. The Kier molecular flexibility index (Phi) is 4.99. The Morgan fingerprint density at radius 3 is 2.59 bits per heavy atom. The highest BCUT2D eigenvalue weighted by Crippen LogP contribution is 2.39. The average molecular weight is 375 g/mol. The number of amides is 4. The van der Waals surface area contributed by atoms with E-state index in [2.05, 4.69) is 5.32 Å². The van der Waals surface area contributed by atoms with Crippen LogP contribution in [0.15, 0.2) is 18.2 Å². The van der Waals surface area contributed by atoms with Crippen molar-refractivity contribution in [3.8, 4) is 11.5 Å². The van der Waals surface area contributed by atoms with Crippen molar-refractivity contribution >= 4 is 17.8 Å². The number of likely N-dealkylation sites (tertiary alicyclic amines) is 1. The molecule has 3 rings (SSSR count). The number of hydrogen-bond acceptors (Lipinski definition) is 5. The van der Waals surface area contributed by atoms with E-state index >= 15 is 0 Å². The summed E-state index contributed by atoms with van der Waals surface area (Å²) in [6, 6.07) is 4.77. The summed E-state index contributed by atoms with van der Waals surface area (Å²) in [7, 11) is 3.17. The number of urea groups is 1. The third-order valence-corrected chi connectivity index (χ3v) is 5.11. The molecule has 1 atom stereocenters. The fourth-order valence-electron chi connectivity index (χ4n) is 3.68. The van der Waals surface area contributed by atoms with Crippen molar-refractivity contribution < 1.29 is 23.9 Å². The lowest BCUT2D eigenvalue weighted by atomic mass is 10.0. The molecule has 0 aromatic heterocycles. The SMILES string of the molecule is COc1ccc(OC)c([C@@H]2CCCN2C(=O)CN2C(=O)NC(C)(C)C2=O)c1. The van der Waals surface area contributed by atoms with Gasteiger partial charge in [0.25, 0.3) is 5.91 Å². The van der Waals surface area contributed by atoms with Crippen molar-refractivity contribution in [2.24, 2.45) is 0 Å². The molecule has 1 N–H and O–H groups in total. The molecule has 4 amide bonds. The number of nitrogens with zero attached hydrogens (tertiary/aromatic N) is 2. The normalized spacial score (nSPS) is 21.4. The van der Waals surface area contributed by atoms with Crippen LogP contribution in [-0.4, -0.2) is 60.5 Å². The van der Waals surface area contributed by atoms with Crippen molar-refractivity contribution in [2.75, 3.05) is 27.3 Å². The summed E-state index contributed by atoms with van der Waals surface area (Å²) in [5.74, 6) is 0.705. The van der Waals surface area contributed by atoms with Crippen LogP contribution >= 0.6 is 0 Å². The maximum Gasteiger partial charge on any atom is 0.325 e. The van der Waals surface area contributed by atoms with Crippen LogP contribution in [0.4, 0.5) is 4.79 Å². The van der Waals surface area contributed by atoms with E-state index in [1.54, 1.807) is 39.0 Å². The molecular weight excluding hydrogens is 350 g/mol. The minimum Gasteiger partial charge on any atom is -0.497 e. The van der Waals surface area contributed by atoms with Gasteiger partial charge in [0.05, 0.1) is 20.3 Å². The Morgan fingerprint density at radius 1 is 1.26 bits per heavy atom. The van der Waals surface area contributed by atoms with E-state index in [-0.39, 0.29) is 18.5 Å². The van der Waals surface area contributed by atoms with E-state index in [4.69, 9.17) is 9.47 Å². The third-order valence-electron chi connectivity index (χ3n) is 5.11. The number of methoxy groups -OCH3 is 2. The second-order valence-corrected chi connectivity index (χ2v) is 7.30. The molecule has 8 heteroatoms. The second kappa shape index (κ2) is 7.09. The molecule has 2 heterocycles. The Labute approximate surface area is 158 Å². The first-order valence-electron chi connectivity index (χ1n) is 8.94. The Balaban J connectivity index is 1.82. The van der Waals surface area contributed by atoms with Gasteiger partial charge in [0, 0.05) is 12.1 Å². The van der Waals surface area contributed by atoms with Crippen LogP contribution in [0.5, 0.6) is 11.5 Å². The highest BCUT2D eigenvalue weighted by Gasteiger charge is 2.46. The van der Waals surface area contributed by atoms with Gasteiger partial charge in [-0.1, -0.05) is 0 Å². The van der Waals surface area contributed by atoms with Gasteiger partial charge in [-0.05, 0) is 44.9 Å². The summed E-state index contributed by atoms with van der Waals surface area (Å²) in [4.78, 5) is 40.1. The third kappa shape index (κ3) is 3.43. The van der Waals surface area contributed by atoms with Crippen LogP contribution in [-0.2, 0) is 9.59 Å². The zero-order valence-corrected chi connectivity index (χ0v) is 16.1. The first kappa shape index (κ1) is 19.0. The summed E-state index contributed by atoms with van der Waals surface area (Å²) in [5, 5.41) is 2.60. The van der Waals surface area contributed by atoms with Gasteiger partial charge in [0.2, 0.25) is 5.91 Å². The number of ether oxygens (including phenoxy) is 2. The Hall–Kier alpha value is -2.77. The number of imide groups is 1. The monoisotopic (exact) mass is 375 g/mol. The maximum absolute atomic E-state index is 12.9. The van der Waals surface area contributed by atoms with Gasteiger partial charge in [-0.25, -0.2) is 4.79 Å². The molecule has 1 aromatic rings. The molecular formula is C19H25N3O5. The lowest BCUT2D eigenvalue weighted by Crippen LogP contribution is -2.44. The van der Waals surface area contributed by atoms with Crippen LogP contribution in [0.1, 0.15) is 38.3 Å². The van der Waals surface area contributed by atoms with Gasteiger partial charge >= 0.3 is 6.03 Å². The van der Waals surface area contributed by atoms with E-state index in [1.807, 2.05) is 12.1 Å². The molecule has 2 aliphatic heterocycles. The molecule has 1 aromatic carbocycles. The van der Waals surface area contributed by atoms with Gasteiger partial charge in [-0.2, -0.15) is 0 Å². The summed E-state index contributed by atoms with van der Waals surface area (Å²) in [6.07, 6.45) is 1.61. The van der Waals surface area contributed by atoms with Gasteiger partial charge in [-0.3, -0.25) is 14.5 Å². The van der Waals surface area contributed by atoms with Gasteiger partial charge < -0.3 is 19.7 Å². The van der Waals surface area contributed by atoms with Crippen LogP contribution in [0.25, 0.3) is 0 Å². The number of benzene rings is 1. The van der Waals surface area contributed by atoms with Crippen LogP contribution in [0.2, 0.25) is 0 Å². The van der Waals surface area contributed by atoms with Crippen molar-refractivity contribution in [3.05, 3.63) is 23.8 Å². The maximum atomic E-state index is 12.9. The van der Waals surface area contributed by atoms with Crippen molar-refractivity contribution in [1.29, 1.82) is 0 Å². The second-order valence-electron chi connectivity index (χ2n) is 7.30. The predicted molar refractivity (Wildman–Crippen MR) is 97.6 cm³/mol. The molecule has 0 unspecified atom stereocenters. The van der Waals surface area contributed by atoms with E-state index < -0.39 is 17.5 Å². The number of carbonyl (C=O) groups is 3. The molecule has 2 aliphatic rings. The van der Waals surface area contributed by atoms with Crippen molar-refractivity contribution in [2.45, 2.75) is 38.3 Å². The summed E-state index contributed by atoms with van der Waals surface area (Å²) < 4.78 is 10.8. The molecule has 0 aliphatic carbocycles. The zero-order valence-electron chi connectivity index (χ0n) is 16.1. The van der Waals surface area contributed by atoms with E-state index in [0.717, 1.165) is 23.3 Å². The van der Waals surface area contributed by atoms with E-state index in [1.165, 1.54) is 0 Å². The minimum absolute atomic E-state index is 0.184. The number of rotatable bonds is 5. The summed E-state index contributed by atoms with van der Waals surface area (Å²) >= 11 is 0. The Morgan fingerprint density at radius 2 is 2.00 bits per heavy atom. The standard InChI is InChI=1S/C19H25N3O5/c1-19(2)17(24)22(18(25)20-19)11-16(23)21-9-5-6-14(21)13-10-12(26-3)7-8-15(13)27-4/h7-8,10,14H,5-6,9,11H2,1-4H3,(H,20,25)/t14-/m0/s1. The van der Waals surface area contributed by atoms with Crippen LogP contribution in [0, 0.1) is 0 Å². The van der Waals surface area contributed by atoms with Crippen molar-refractivity contribution in [3.63, 3.8) is 0 Å². The molecule has 0 bridgehead atoms. The first-order chi connectivity index (χ1) is 12.8. The summed E-state index contributed by atoms with van der Waals surface area (Å²) in [5.41, 5.74) is -0.127. The van der Waals surface area contributed by atoms with Gasteiger partial charge in [-0.15, -0.1) is 0 Å². The van der Waals surface area contributed by atoms with Crippen molar-refractivity contribution in [1.82, 2.24) is 15.1 Å². The lowest BCUT2D eigenvalue weighted by Gasteiger charge is -2.28. The van der Waals surface area contributed by atoms with Crippen LogP contribution < -0.4 is 14.8 Å². The largest absolute Gasteiger partial charge is 0.497 e. The molecule has 2 fully saturated rings. The smallest absolute Gasteiger partial charge is 0.325 e. The zero-order chi connectivity index (χ0) is 19.8. The van der Waals surface area contributed by atoms with Gasteiger partial charge in [0.15, 0.2) is 0 Å². The summed E-state index contributed by atoms with van der Waals surface area (Å²) in [6.45, 7) is 3.54. The predicted octanol–water partition coefficient (Wildman–Crippen LogP) is 1.70. The molecule has 2 saturated heterocycles. The molecule has 27 heavy (non-hydrogen) atoms. The fourth-order valence-corrected chi connectivity index (χ4v) is 3.68. The van der Waals surface area contributed by atoms with Crippen LogP contribution in [0.3, 0.4) is 0 Å².